The van der Waals surface area contributed by atoms with Crippen LogP contribution in [0.5, 0.6) is 5.88 Å². The summed E-state index contributed by atoms with van der Waals surface area (Å²) in [5, 5.41) is 2.88. The second kappa shape index (κ2) is 9.30. The molecule has 1 aliphatic rings. The van der Waals surface area contributed by atoms with Crippen LogP contribution in [0.3, 0.4) is 0 Å². The van der Waals surface area contributed by atoms with Crippen molar-refractivity contribution in [3.8, 4) is 5.88 Å². The topological polar surface area (TPSA) is 71.5 Å². The van der Waals surface area contributed by atoms with E-state index in [0.29, 0.717) is 5.69 Å². The highest BCUT2D eigenvalue weighted by Crippen LogP contribution is 2.40. The number of likely N-dealkylation sites (tertiary alicyclic amines) is 1. The van der Waals surface area contributed by atoms with Crippen LogP contribution in [-0.4, -0.2) is 46.7 Å². The Morgan fingerprint density at radius 2 is 1.90 bits per heavy atom. The van der Waals surface area contributed by atoms with Gasteiger partial charge in [-0.1, -0.05) is 54.0 Å². The summed E-state index contributed by atoms with van der Waals surface area (Å²) in [5.41, 5.74) is 1.34. The zero-order valence-corrected chi connectivity index (χ0v) is 19.1. The van der Waals surface area contributed by atoms with Crippen molar-refractivity contribution >= 4 is 33.4 Å². The highest BCUT2D eigenvalue weighted by Gasteiger charge is 2.53. The number of aryl methyl sites for hydroxylation is 1. The zero-order valence-electron chi connectivity index (χ0n) is 17.5. The molecule has 0 radical (unpaired) electrons. The van der Waals surface area contributed by atoms with Gasteiger partial charge in [-0.05, 0) is 36.1 Å². The monoisotopic (exact) mass is 495 g/mol. The molecule has 1 saturated heterocycles. The molecule has 0 unspecified atom stereocenters. The van der Waals surface area contributed by atoms with Crippen LogP contribution in [0.15, 0.2) is 36.4 Å². The van der Waals surface area contributed by atoms with Gasteiger partial charge < -0.3 is 15.0 Å². The number of alkyl halides is 3. The van der Waals surface area contributed by atoms with Crippen molar-refractivity contribution in [2.75, 3.05) is 23.7 Å². The van der Waals surface area contributed by atoms with E-state index in [2.05, 4.69) is 31.0 Å². The Balaban J connectivity index is 1.99. The highest BCUT2D eigenvalue weighted by molar-refractivity contribution is 9.09. The number of rotatable bonds is 7. The fourth-order valence-corrected chi connectivity index (χ4v) is 4.14. The minimum atomic E-state index is -3.07. The molecule has 9 heteroatoms. The molecule has 0 bridgehead atoms. The summed E-state index contributed by atoms with van der Waals surface area (Å²) in [5.74, 6) is -0.711. The van der Waals surface area contributed by atoms with Crippen molar-refractivity contribution in [2.45, 2.75) is 38.7 Å². The fraction of sp³-hybridized carbons (Fsp3) is 0.409. The Kier molecular flexibility index (Phi) is 6.93. The number of hydrogen-bond acceptors (Lipinski definition) is 4. The Morgan fingerprint density at radius 1 is 1.23 bits per heavy atom. The third kappa shape index (κ3) is 4.71. The third-order valence-electron chi connectivity index (χ3n) is 5.37. The number of aromatic nitrogens is 1. The molecule has 0 aliphatic carbocycles. The molecule has 0 saturated carbocycles. The van der Waals surface area contributed by atoms with Gasteiger partial charge in [-0.2, -0.15) is 8.78 Å². The maximum absolute atomic E-state index is 13.5. The van der Waals surface area contributed by atoms with Crippen molar-refractivity contribution in [3.05, 3.63) is 53.2 Å². The summed E-state index contributed by atoms with van der Waals surface area (Å²) in [6.07, 6.45) is 0. The van der Waals surface area contributed by atoms with E-state index in [1.54, 1.807) is 17.9 Å². The predicted molar refractivity (Wildman–Crippen MR) is 117 cm³/mol. The Labute approximate surface area is 188 Å². The molecule has 2 heterocycles. The zero-order chi connectivity index (χ0) is 22.8. The third-order valence-corrected chi connectivity index (χ3v) is 5.85. The van der Waals surface area contributed by atoms with Gasteiger partial charge in [0.05, 0.1) is 5.33 Å². The Morgan fingerprint density at radius 3 is 2.52 bits per heavy atom. The van der Waals surface area contributed by atoms with Crippen LogP contribution < -0.4 is 10.1 Å². The van der Waals surface area contributed by atoms with Gasteiger partial charge in [0.15, 0.2) is 0 Å². The lowest BCUT2D eigenvalue weighted by Crippen LogP contribution is -2.66. The molecule has 1 aromatic carbocycles. The lowest BCUT2D eigenvalue weighted by molar-refractivity contribution is -0.141. The van der Waals surface area contributed by atoms with Gasteiger partial charge in [-0.25, -0.2) is 4.98 Å². The van der Waals surface area contributed by atoms with E-state index in [0.717, 1.165) is 11.1 Å². The van der Waals surface area contributed by atoms with Crippen molar-refractivity contribution in [3.63, 3.8) is 0 Å². The predicted octanol–water partition coefficient (Wildman–Crippen LogP) is 4.23. The molecule has 6 nitrogen and oxygen atoms in total. The number of amides is 2. The molecular weight excluding hydrogens is 472 g/mol. The molecule has 1 aliphatic heterocycles. The number of ether oxygens (including phenoxy) is 1. The summed E-state index contributed by atoms with van der Waals surface area (Å²) in [4.78, 5) is 31.3. The molecule has 0 atom stereocenters. The first-order chi connectivity index (χ1) is 14.7. The SMILES string of the molecule is Cc1ccc(NC(=O)C2(c3ccccc3C(C)C)CN(C(=O)CBr)C2)c(OC(F)F)n1. The summed E-state index contributed by atoms with van der Waals surface area (Å²) < 4.78 is 30.2. The summed E-state index contributed by atoms with van der Waals surface area (Å²) >= 11 is 3.16. The molecule has 0 spiro atoms. The number of nitrogens with zero attached hydrogens (tertiary/aromatic N) is 2. The Hall–Kier alpha value is -2.55. The van der Waals surface area contributed by atoms with Crippen LogP contribution in [0.25, 0.3) is 0 Å². The lowest BCUT2D eigenvalue weighted by atomic mass is 9.69. The maximum atomic E-state index is 13.5. The van der Waals surface area contributed by atoms with E-state index in [-0.39, 0.29) is 41.8 Å². The number of nitrogens with one attached hydrogen (secondary N) is 1. The lowest BCUT2D eigenvalue weighted by Gasteiger charge is -2.49. The molecule has 31 heavy (non-hydrogen) atoms. The standard InChI is InChI=1S/C22H24BrF2N3O3/c1-13(2)15-6-4-5-7-16(15)22(11-28(12-22)18(29)10-23)20(30)27-17-9-8-14(3)26-19(17)31-21(24)25/h4-9,13,21H,10-12H2,1-3H3,(H,27,30). The van der Waals surface area contributed by atoms with Crippen LogP contribution in [0.4, 0.5) is 14.5 Å². The van der Waals surface area contributed by atoms with Crippen LogP contribution >= 0.6 is 15.9 Å². The van der Waals surface area contributed by atoms with Gasteiger partial charge >= 0.3 is 6.61 Å². The molecule has 2 aromatic rings. The second-order valence-electron chi connectivity index (χ2n) is 7.85. The van der Waals surface area contributed by atoms with E-state index in [1.165, 1.54) is 6.07 Å². The number of anilines is 1. The largest absolute Gasteiger partial charge is 0.415 e. The van der Waals surface area contributed by atoms with Crippen LogP contribution in [0.1, 0.15) is 36.6 Å². The highest BCUT2D eigenvalue weighted by atomic mass is 79.9. The number of hydrogen-bond donors (Lipinski definition) is 1. The fourth-order valence-electron chi connectivity index (χ4n) is 3.78. The van der Waals surface area contributed by atoms with E-state index in [1.807, 2.05) is 38.1 Å². The first kappa shape index (κ1) is 23.1. The first-order valence-corrected chi connectivity index (χ1v) is 11.0. The summed E-state index contributed by atoms with van der Waals surface area (Å²) in [6, 6.07) is 10.7. The molecule has 1 aromatic heterocycles. The van der Waals surface area contributed by atoms with Crippen LogP contribution in [-0.2, 0) is 15.0 Å². The van der Waals surface area contributed by atoms with Crippen LogP contribution in [0.2, 0.25) is 0 Å². The van der Waals surface area contributed by atoms with Crippen LogP contribution in [0, 0.1) is 6.92 Å². The average molecular weight is 496 g/mol. The van der Waals surface area contributed by atoms with Crippen molar-refractivity contribution < 1.29 is 23.1 Å². The number of halogens is 3. The smallest absolute Gasteiger partial charge is 0.388 e. The normalized spacial score (nSPS) is 15.0. The minimum Gasteiger partial charge on any atom is -0.415 e. The van der Waals surface area contributed by atoms with Gasteiger partial charge in [-0.3, -0.25) is 9.59 Å². The van der Waals surface area contributed by atoms with Gasteiger partial charge in [-0.15, -0.1) is 0 Å². The van der Waals surface area contributed by atoms with E-state index in [9.17, 15) is 18.4 Å². The van der Waals surface area contributed by atoms with Crippen molar-refractivity contribution in [1.29, 1.82) is 0 Å². The summed E-state index contributed by atoms with van der Waals surface area (Å²) in [6.45, 7) is 3.01. The number of pyridine rings is 1. The molecule has 3 rings (SSSR count). The average Bonchev–Trinajstić information content (AvgIpc) is 2.68. The van der Waals surface area contributed by atoms with Gasteiger partial charge in [0.1, 0.15) is 11.1 Å². The Bertz CT molecular complexity index is 978. The second-order valence-corrected chi connectivity index (χ2v) is 8.41. The number of benzene rings is 1. The maximum Gasteiger partial charge on any atom is 0.388 e. The van der Waals surface area contributed by atoms with E-state index in [4.69, 9.17) is 0 Å². The molecular formula is C22H24BrF2N3O3. The van der Waals surface area contributed by atoms with Gasteiger partial charge in [0, 0.05) is 18.8 Å². The van der Waals surface area contributed by atoms with Crippen molar-refractivity contribution in [2.24, 2.45) is 0 Å². The van der Waals surface area contributed by atoms with Gasteiger partial charge in [0.25, 0.3) is 0 Å². The molecule has 1 N–H and O–H groups in total. The molecule has 1 fully saturated rings. The van der Waals surface area contributed by atoms with E-state index < -0.39 is 17.9 Å². The van der Waals surface area contributed by atoms with Gasteiger partial charge in [0.2, 0.25) is 17.7 Å². The number of carbonyl (C=O) groups excluding carboxylic acids is 2. The quantitative estimate of drug-likeness (QED) is 0.583. The molecule has 2 amide bonds. The first-order valence-electron chi connectivity index (χ1n) is 9.85. The van der Waals surface area contributed by atoms with Crippen molar-refractivity contribution in [1.82, 2.24) is 9.88 Å². The van der Waals surface area contributed by atoms with E-state index >= 15 is 0 Å². The summed E-state index contributed by atoms with van der Waals surface area (Å²) in [7, 11) is 0. The number of carbonyl (C=O) groups is 2. The molecule has 166 valence electrons. The minimum absolute atomic E-state index is 0.0579.